The maximum Gasteiger partial charge on any atom is 0.207 e. The molecule has 2 nitrogen and oxygen atoms in total. The highest BCUT2D eigenvalue weighted by Gasteiger charge is 2.11. The summed E-state index contributed by atoms with van der Waals surface area (Å²) < 4.78 is 22.7. The van der Waals surface area contributed by atoms with Crippen molar-refractivity contribution in [2.45, 2.75) is 11.8 Å². The average Bonchev–Trinajstić information content (AvgIpc) is 2.08. The maximum absolute atomic E-state index is 11.4. The zero-order chi connectivity index (χ0) is 10.6. The Balaban J connectivity index is 2.74. The lowest BCUT2D eigenvalue weighted by molar-refractivity contribution is 0.611. The van der Waals surface area contributed by atoms with Crippen molar-refractivity contribution in [3.8, 4) is 0 Å². The van der Waals surface area contributed by atoms with Crippen LogP contribution in [-0.2, 0) is 8.87 Å². The number of alkyl halides is 1. The molecule has 0 N–H and O–H groups in total. The van der Waals surface area contributed by atoms with E-state index in [9.17, 15) is 8.42 Å². The first-order valence-corrected chi connectivity index (χ1v) is 7.60. The van der Waals surface area contributed by atoms with Crippen molar-refractivity contribution in [1.29, 1.82) is 0 Å². The second kappa shape index (κ2) is 5.05. The highest BCUT2D eigenvalue weighted by atomic mass is 35.5. The summed E-state index contributed by atoms with van der Waals surface area (Å²) in [5.74, 6) is 0.147. The van der Waals surface area contributed by atoms with Gasteiger partial charge >= 0.3 is 0 Å². The summed E-state index contributed by atoms with van der Waals surface area (Å²) in [4.78, 5) is 0.737. The molecule has 1 aromatic carbocycles. The van der Waals surface area contributed by atoms with E-state index in [1.807, 2.05) is 19.1 Å². The molecule has 0 aliphatic rings. The number of hydrogen-bond donors (Lipinski definition) is 0. The minimum atomic E-state index is -3.11. The molecule has 0 saturated heterocycles. The summed E-state index contributed by atoms with van der Waals surface area (Å²) in [6.45, 7) is 1.96. The van der Waals surface area contributed by atoms with Crippen LogP contribution in [0.15, 0.2) is 29.2 Å². The van der Waals surface area contributed by atoms with Crippen molar-refractivity contribution in [3.05, 3.63) is 29.8 Å². The van der Waals surface area contributed by atoms with Gasteiger partial charge in [-0.2, -0.15) is 0 Å². The van der Waals surface area contributed by atoms with Crippen LogP contribution in [0, 0.1) is 6.92 Å². The van der Waals surface area contributed by atoms with Gasteiger partial charge in [-0.1, -0.05) is 17.7 Å². The van der Waals surface area contributed by atoms with Crippen LogP contribution >= 0.6 is 22.4 Å². The van der Waals surface area contributed by atoms with E-state index in [4.69, 9.17) is 11.6 Å². The molecule has 0 unspecified atom stereocenters. The van der Waals surface area contributed by atoms with E-state index in [1.165, 1.54) is 0 Å². The Labute approximate surface area is 93.0 Å². The van der Waals surface area contributed by atoms with Gasteiger partial charge in [-0.3, -0.25) is 0 Å². The predicted octanol–water partition coefficient (Wildman–Crippen LogP) is 2.66. The van der Waals surface area contributed by atoms with E-state index in [1.54, 1.807) is 12.1 Å². The Morgan fingerprint density at radius 1 is 1.29 bits per heavy atom. The summed E-state index contributed by atoms with van der Waals surface area (Å²) in [5.41, 5.74) is 1.11. The monoisotopic (exact) mass is 250 g/mol. The third-order valence-electron chi connectivity index (χ3n) is 1.57. The smallest absolute Gasteiger partial charge is 0.207 e. The third kappa shape index (κ3) is 3.90. The SMILES string of the molecule is Cc1ccc(SS(=O)(=O)CCCl)cc1. The van der Waals surface area contributed by atoms with Crippen molar-refractivity contribution in [3.63, 3.8) is 0 Å². The predicted molar refractivity (Wildman–Crippen MR) is 61.5 cm³/mol. The number of aryl methyl sites for hydroxylation is 1. The Kier molecular flexibility index (Phi) is 4.29. The summed E-state index contributed by atoms with van der Waals surface area (Å²) in [7, 11) is -2.25. The van der Waals surface area contributed by atoms with Crippen LogP contribution in [0.5, 0.6) is 0 Å². The fourth-order valence-electron chi connectivity index (χ4n) is 0.877. The fraction of sp³-hybridized carbons (Fsp3) is 0.333. The minimum absolute atomic E-state index is 0.00704. The van der Waals surface area contributed by atoms with Crippen LogP contribution in [0.4, 0.5) is 0 Å². The number of rotatable bonds is 4. The van der Waals surface area contributed by atoms with Crippen LogP contribution in [0.3, 0.4) is 0 Å². The van der Waals surface area contributed by atoms with Gasteiger partial charge in [-0.25, -0.2) is 8.42 Å². The van der Waals surface area contributed by atoms with Gasteiger partial charge in [0.1, 0.15) is 0 Å². The number of benzene rings is 1. The molecule has 0 amide bonds. The van der Waals surface area contributed by atoms with Gasteiger partial charge in [-0.15, -0.1) is 11.6 Å². The zero-order valence-corrected chi connectivity index (χ0v) is 10.1. The molecule has 0 bridgehead atoms. The second-order valence-corrected chi connectivity index (χ2v) is 7.41. The Morgan fingerprint density at radius 3 is 2.36 bits per heavy atom. The third-order valence-corrected chi connectivity index (χ3v) is 5.25. The molecule has 0 radical (unpaired) electrons. The molecule has 0 aromatic heterocycles. The van der Waals surface area contributed by atoms with Gasteiger partial charge in [0.25, 0.3) is 0 Å². The highest BCUT2D eigenvalue weighted by molar-refractivity contribution is 8.72. The van der Waals surface area contributed by atoms with Crippen LogP contribution in [0.25, 0.3) is 0 Å². The number of hydrogen-bond acceptors (Lipinski definition) is 3. The highest BCUT2D eigenvalue weighted by Crippen LogP contribution is 2.25. The first kappa shape index (κ1) is 11.9. The normalized spacial score (nSPS) is 11.6. The van der Waals surface area contributed by atoms with Gasteiger partial charge in [-0.05, 0) is 19.1 Å². The summed E-state index contributed by atoms with van der Waals surface area (Å²) in [6.07, 6.45) is 0. The van der Waals surface area contributed by atoms with Crippen LogP contribution < -0.4 is 0 Å². The molecular formula is C9H11ClO2S2. The maximum atomic E-state index is 11.4. The molecule has 14 heavy (non-hydrogen) atoms. The quantitative estimate of drug-likeness (QED) is 0.609. The molecule has 0 aliphatic heterocycles. The zero-order valence-electron chi connectivity index (χ0n) is 7.73. The van der Waals surface area contributed by atoms with E-state index >= 15 is 0 Å². The van der Waals surface area contributed by atoms with Crippen molar-refractivity contribution >= 4 is 31.3 Å². The van der Waals surface area contributed by atoms with Crippen molar-refractivity contribution in [2.24, 2.45) is 0 Å². The largest absolute Gasteiger partial charge is 0.217 e. The van der Waals surface area contributed by atoms with E-state index in [0.29, 0.717) is 0 Å². The molecular weight excluding hydrogens is 240 g/mol. The van der Waals surface area contributed by atoms with Gasteiger partial charge in [0.2, 0.25) is 8.87 Å². The average molecular weight is 251 g/mol. The van der Waals surface area contributed by atoms with Gasteiger partial charge < -0.3 is 0 Å². The first-order valence-electron chi connectivity index (χ1n) is 4.08. The topological polar surface area (TPSA) is 34.1 Å². The van der Waals surface area contributed by atoms with E-state index < -0.39 is 8.87 Å². The molecule has 0 fully saturated rings. The van der Waals surface area contributed by atoms with Gasteiger partial charge in [0.05, 0.1) is 5.75 Å². The Morgan fingerprint density at radius 2 is 1.86 bits per heavy atom. The van der Waals surface area contributed by atoms with Crippen LogP contribution in [-0.4, -0.2) is 20.1 Å². The van der Waals surface area contributed by atoms with Gasteiger partial charge in [0.15, 0.2) is 0 Å². The second-order valence-electron chi connectivity index (χ2n) is 2.85. The lowest BCUT2D eigenvalue weighted by atomic mass is 10.2. The number of halogens is 1. The molecule has 0 saturated carbocycles. The molecule has 1 aromatic rings. The molecule has 0 aliphatic carbocycles. The van der Waals surface area contributed by atoms with Gasteiger partial charge in [0, 0.05) is 21.6 Å². The van der Waals surface area contributed by atoms with Crippen LogP contribution in [0.2, 0.25) is 0 Å². The first-order chi connectivity index (χ1) is 6.53. The van der Waals surface area contributed by atoms with E-state index in [0.717, 1.165) is 21.3 Å². The summed E-state index contributed by atoms with van der Waals surface area (Å²) in [6, 6.07) is 7.37. The molecule has 5 heteroatoms. The van der Waals surface area contributed by atoms with Crippen molar-refractivity contribution < 1.29 is 8.42 Å². The standard InChI is InChI=1S/C9H11ClO2S2/c1-8-2-4-9(5-3-8)13-14(11,12)7-6-10/h2-5H,6-7H2,1H3. The fourth-order valence-corrected chi connectivity index (χ4v) is 4.29. The van der Waals surface area contributed by atoms with Crippen molar-refractivity contribution in [2.75, 3.05) is 11.6 Å². The molecule has 0 heterocycles. The molecule has 78 valence electrons. The lowest BCUT2D eigenvalue weighted by Crippen LogP contribution is -2.01. The van der Waals surface area contributed by atoms with Crippen LogP contribution in [0.1, 0.15) is 5.56 Å². The van der Waals surface area contributed by atoms with E-state index in [2.05, 4.69) is 0 Å². The Hall–Kier alpha value is -0.190. The lowest BCUT2D eigenvalue weighted by Gasteiger charge is -2.01. The molecule has 1 rings (SSSR count). The molecule has 0 spiro atoms. The van der Waals surface area contributed by atoms with E-state index in [-0.39, 0.29) is 11.6 Å². The molecule has 0 atom stereocenters. The summed E-state index contributed by atoms with van der Waals surface area (Å²) >= 11 is 5.38. The van der Waals surface area contributed by atoms with Crippen molar-refractivity contribution in [1.82, 2.24) is 0 Å². The minimum Gasteiger partial charge on any atom is -0.217 e. The Bertz CT molecular complexity index is 384. The summed E-state index contributed by atoms with van der Waals surface area (Å²) in [5, 5.41) is 0.